The number of hydrogen-bond acceptors (Lipinski definition) is 6. The number of nitrogens with one attached hydrogen (secondary N) is 1. The minimum absolute atomic E-state index is 0.0591. The molecule has 0 spiro atoms. The number of benzene rings is 3. The largest absolute Gasteiger partial charge is 0.457 e. The number of thioether (sulfide) groups is 1. The third-order valence-corrected chi connectivity index (χ3v) is 7.10. The van der Waals surface area contributed by atoms with E-state index in [0.29, 0.717) is 38.0 Å². The zero-order valence-electron chi connectivity index (χ0n) is 19.5. The molecular weight excluding hydrogens is 492 g/mol. The van der Waals surface area contributed by atoms with Crippen molar-refractivity contribution in [2.24, 2.45) is 0 Å². The van der Waals surface area contributed by atoms with Crippen LogP contribution in [0.1, 0.15) is 34.3 Å². The van der Waals surface area contributed by atoms with Crippen LogP contribution in [0, 0.1) is 11.3 Å². The SMILES string of the molecule is CC1=C(C(=O)OCc2ccccc2)[C@H](c2ccccc2Cl)C(C#N)=C(SCC(=O)c2ccccc2)N1. The Morgan fingerprint density at radius 3 is 2.31 bits per heavy atom. The van der Waals surface area contributed by atoms with Gasteiger partial charge in [0.2, 0.25) is 0 Å². The van der Waals surface area contributed by atoms with Crippen LogP contribution in [0.15, 0.2) is 107 Å². The molecule has 180 valence electrons. The lowest BCUT2D eigenvalue weighted by molar-refractivity contribution is -0.140. The third kappa shape index (κ3) is 5.71. The van der Waals surface area contributed by atoms with Gasteiger partial charge < -0.3 is 10.1 Å². The molecule has 0 saturated carbocycles. The van der Waals surface area contributed by atoms with E-state index >= 15 is 0 Å². The summed E-state index contributed by atoms with van der Waals surface area (Å²) in [4.78, 5) is 26.0. The van der Waals surface area contributed by atoms with Crippen molar-refractivity contribution >= 4 is 35.1 Å². The van der Waals surface area contributed by atoms with Crippen LogP contribution in [0.5, 0.6) is 0 Å². The summed E-state index contributed by atoms with van der Waals surface area (Å²) in [6, 6.07) is 27.8. The molecule has 0 aliphatic carbocycles. The molecule has 5 nitrogen and oxygen atoms in total. The number of carbonyl (C=O) groups is 2. The van der Waals surface area contributed by atoms with Crippen molar-refractivity contribution in [2.75, 3.05) is 5.75 Å². The van der Waals surface area contributed by atoms with E-state index in [9.17, 15) is 14.9 Å². The van der Waals surface area contributed by atoms with Gasteiger partial charge in [0.05, 0.1) is 33.9 Å². The van der Waals surface area contributed by atoms with Gasteiger partial charge in [-0.1, -0.05) is 102 Å². The second kappa shape index (κ2) is 11.8. The number of ether oxygens (including phenoxy) is 1. The van der Waals surface area contributed by atoms with Gasteiger partial charge in [0.1, 0.15) is 6.61 Å². The number of rotatable bonds is 8. The lowest BCUT2D eigenvalue weighted by Crippen LogP contribution is -2.29. The van der Waals surface area contributed by atoms with Crippen molar-refractivity contribution in [3.63, 3.8) is 0 Å². The van der Waals surface area contributed by atoms with Crippen LogP contribution in [0.25, 0.3) is 0 Å². The van der Waals surface area contributed by atoms with E-state index in [-0.39, 0.29) is 18.1 Å². The van der Waals surface area contributed by atoms with E-state index in [1.54, 1.807) is 37.3 Å². The zero-order chi connectivity index (χ0) is 25.5. The number of dihydropyridines is 1. The monoisotopic (exact) mass is 514 g/mol. The summed E-state index contributed by atoms with van der Waals surface area (Å²) in [5, 5.41) is 14.3. The smallest absolute Gasteiger partial charge is 0.337 e. The van der Waals surface area contributed by atoms with E-state index in [1.165, 1.54) is 11.8 Å². The first-order chi connectivity index (χ1) is 17.5. The Kier molecular flexibility index (Phi) is 8.27. The second-order valence-electron chi connectivity index (χ2n) is 8.11. The van der Waals surface area contributed by atoms with Gasteiger partial charge >= 0.3 is 5.97 Å². The Morgan fingerprint density at radius 1 is 1.00 bits per heavy atom. The second-order valence-corrected chi connectivity index (χ2v) is 9.51. The highest BCUT2D eigenvalue weighted by molar-refractivity contribution is 8.03. The first-order valence-electron chi connectivity index (χ1n) is 11.3. The van der Waals surface area contributed by atoms with Crippen LogP contribution in [0.3, 0.4) is 0 Å². The molecule has 0 radical (unpaired) electrons. The maximum absolute atomic E-state index is 13.3. The van der Waals surface area contributed by atoms with Gasteiger partial charge in [-0.2, -0.15) is 5.26 Å². The molecule has 0 saturated heterocycles. The molecule has 7 heteroatoms. The van der Waals surface area contributed by atoms with E-state index in [4.69, 9.17) is 16.3 Å². The fourth-order valence-electron chi connectivity index (χ4n) is 3.96. The molecule has 4 rings (SSSR count). The van der Waals surface area contributed by atoms with E-state index < -0.39 is 11.9 Å². The zero-order valence-corrected chi connectivity index (χ0v) is 21.1. The fourth-order valence-corrected chi connectivity index (χ4v) is 5.19. The van der Waals surface area contributed by atoms with E-state index in [1.807, 2.05) is 54.6 Å². The molecule has 1 aliphatic heterocycles. The molecule has 3 aromatic rings. The average molecular weight is 515 g/mol. The van der Waals surface area contributed by atoms with Gasteiger partial charge in [-0.25, -0.2) is 4.79 Å². The summed E-state index contributed by atoms with van der Waals surface area (Å²) in [6.07, 6.45) is 0. The number of hydrogen-bond donors (Lipinski definition) is 1. The standard InChI is InChI=1S/C29H23ClN2O3S/c1-19-26(29(34)35-17-20-10-4-2-5-11-20)27(22-14-8-9-15-24(22)30)23(16-31)28(32-19)36-18-25(33)21-12-6-3-7-13-21/h2-15,27,32H,17-18H2,1H3/t27-/m1/s1. The highest BCUT2D eigenvalue weighted by Gasteiger charge is 2.36. The molecule has 0 fully saturated rings. The lowest BCUT2D eigenvalue weighted by atomic mass is 9.82. The number of allylic oxidation sites excluding steroid dienone is 2. The molecule has 3 aromatic carbocycles. The number of carbonyl (C=O) groups excluding carboxylic acids is 2. The highest BCUT2D eigenvalue weighted by Crippen LogP contribution is 2.43. The number of halogens is 1. The van der Waals surface area contributed by atoms with Crippen LogP contribution in [0.4, 0.5) is 0 Å². The van der Waals surface area contributed by atoms with Crippen molar-refractivity contribution in [2.45, 2.75) is 19.4 Å². The summed E-state index contributed by atoms with van der Waals surface area (Å²) in [6.45, 7) is 1.86. The Labute approximate surface area is 219 Å². The molecule has 0 unspecified atom stereocenters. The van der Waals surface area contributed by atoms with Gasteiger partial charge in [0.15, 0.2) is 5.78 Å². The number of nitrogens with zero attached hydrogens (tertiary/aromatic N) is 1. The van der Waals surface area contributed by atoms with E-state index in [0.717, 1.165) is 5.56 Å². The third-order valence-electron chi connectivity index (χ3n) is 5.74. The molecule has 36 heavy (non-hydrogen) atoms. The molecular formula is C29H23ClN2O3S. The summed E-state index contributed by atoms with van der Waals surface area (Å²) >= 11 is 7.77. The van der Waals surface area contributed by atoms with Gasteiger partial charge in [-0.3, -0.25) is 4.79 Å². The summed E-state index contributed by atoms with van der Waals surface area (Å²) in [5.41, 5.74) is 3.25. The minimum Gasteiger partial charge on any atom is -0.457 e. The maximum atomic E-state index is 13.3. The van der Waals surface area contributed by atoms with Crippen molar-refractivity contribution < 1.29 is 14.3 Å². The Morgan fingerprint density at radius 2 is 1.64 bits per heavy atom. The topological polar surface area (TPSA) is 79.2 Å². The van der Waals surface area contributed by atoms with Crippen LogP contribution in [-0.2, 0) is 16.1 Å². The molecule has 1 atom stereocenters. The van der Waals surface area contributed by atoms with Crippen molar-refractivity contribution in [3.05, 3.63) is 129 Å². The number of Topliss-reactive ketones (excluding diaryl/α,β-unsaturated/α-hetero) is 1. The average Bonchev–Trinajstić information content (AvgIpc) is 2.91. The summed E-state index contributed by atoms with van der Waals surface area (Å²) < 4.78 is 5.64. The first-order valence-corrected chi connectivity index (χ1v) is 12.6. The Balaban J connectivity index is 1.66. The van der Waals surface area contributed by atoms with Crippen LogP contribution in [0.2, 0.25) is 5.02 Å². The number of ketones is 1. The van der Waals surface area contributed by atoms with Gasteiger partial charge in [0, 0.05) is 16.3 Å². The molecule has 0 aromatic heterocycles. The van der Waals surface area contributed by atoms with Gasteiger partial charge in [-0.15, -0.1) is 0 Å². The lowest BCUT2D eigenvalue weighted by Gasteiger charge is -2.29. The quantitative estimate of drug-likeness (QED) is 0.277. The Bertz CT molecular complexity index is 1380. The highest BCUT2D eigenvalue weighted by atomic mass is 35.5. The minimum atomic E-state index is -0.734. The molecule has 1 aliphatic rings. The van der Waals surface area contributed by atoms with Crippen molar-refractivity contribution in [1.29, 1.82) is 5.26 Å². The maximum Gasteiger partial charge on any atom is 0.337 e. The van der Waals surface area contributed by atoms with Crippen LogP contribution >= 0.6 is 23.4 Å². The van der Waals surface area contributed by atoms with E-state index in [2.05, 4.69) is 11.4 Å². The predicted octanol–water partition coefficient (Wildman–Crippen LogP) is 6.40. The summed E-state index contributed by atoms with van der Waals surface area (Å²) in [5.74, 6) is -1.20. The molecule has 1 heterocycles. The van der Waals surface area contributed by atoms with Crippen molar-refractivity contribution in [1.82, 2.24) is 5.32 Å². The molecule has 0 bridgehead atoms. The Hall–Kier alpha value is -3.79. The molecule has 0 amide bonds. The fraction of sp³-hybridized carbons (Fsp3) is 0.138. The van der Waals surface area contributed by atoms with Crippen LogP contribution < -0.4 is 5.32 Å². The predicted molar refractivity (Wildman–Crippen MR) is 142 cm³/mol. The summed E-state index contributed by atoms with van der Waals surface area (Å²) in [7, 11) is 0. The number of esters is 1. The molecule has 1 N–H and O–H groups in total. The van der Waals surface area contributed by atoms with Crippen LogP contribution in [-0.4, -0.2) is 17.5 Å². The normalized spacial score (nSPS) is 15.2. The number of nitriles is 1. The van der Waals surface area contributed by atoms with Crippen molar-refractivity contribution in [3.8, 4) is 6.07 Å². The first kappa shape index (κ1) is 25.3. The van der Waals surface area contributed by atoms with Gasteiger partial charge in [-0.05, 0) is 24.1 Å². The van der Waals surface area contributed by atoms with Gasteiger partial charge in [0.25, 0.3) is 0 Å².